The predicted molar refractivity (Wildman–Crippen MR) is 59.2 cm³/mol. The topological polar surface area (TPSA) is 0 Å². The molecule has 0 nitrogen and oxygen atoms in total. The maximum absolute atomic E-state index is 2.48. The number of allylic oxidation sites excluding steroid dienone is 4. The summed E-state index contributed by atoms with van der Waals surface area (Å²) in [5, 5.41) is 0. The van der Waals surface area contributed by atoms with Crippen LogP contribution in [0.4, 0.5) is 0 Å². The van der Waals surface area contributed by atoms with Crippen LogP contribution in [0.25, 0.3) is 0 Å². The van der Waals surface area contributed by atoms with Crippen molar-refractivity contribution in [2.75, 3.05) is 0 Å². The Labute approximate surface area is 87.6 Å². The van der Waals surface area contributed by atoms with Gasteiger partial charge in [0.25, 0.3) is 0 Å². The van der Waals surface area contributed by atoms with Crippen LogP contribution in [0.3, 0.4) is 0 Å². The minimum atomic E-state index is 0.841. The molecule has 0 fully saturated rings. The molecule has 13 heavy (non-hydrogen) atoms. The van der Waals surface area contributed by atoms with Crippen LogP contribution in [0.15, 0.2) is 24.3 Å². The van der Waals surface area contributed by atoms with E-state index >= 15 is 0 Å². The van der Waals surface area contributed by atoms with Crippen molar-refractivity contribution < 1.29 is 0 Å². The molecular weight excluding hydrogens is 223 g/mol. The zero-order valence-corrected chi connectivity index (χ0v) is 9.83. The van der Waals surface area contributed by atoms with Gasteiger partial charge in [-0.05, 0) is 0 Å². The average molecular weight is 241 g/mol. The fourth-order valence-corrected chi connectivity index (χ4v) is 5.07. The standard InChI is InChI=1S/C12H18Se/c1-3-7-11(8-4-1)13-12-9-5-2-6-10-12/h3,5,7,9,11-12H,1-2,4,6,8,10H2. The van der Waals surface area contributed by atoms with Crippen molar-refractivity contribution >= 4 is 15.0 Å². The Morgan fingerprint density at radius 3 is 1.77 bits per heavy atom. The SMILES string of the molecule is C1=CC([Se]C2C=CCCC2)CCC1. The molecule has 2 aliphatic carbocycles. The fraction of sp³-hybridized carbons (Fsp3) is 0.667. The van der Waals surface area contributed by atoms with Gasteiger partial charge < -0.3 is 0 Å². The van der Waals surface area contributed by atoms with Crippen LogP contribution in [-0.2, 0) is 0 Å². The van der Waals surface area contributed by atoms with Gasteiger partial charge in [0.15, 0.2) is 0 Å². The van der Waals surface area contributed by atoms with Crippen LogP contribution in [0.1, 0.15) is 38.5 Å². The van der Waals surface area contributed by atoms with E-state index in [2.05, 4.69) is 24.3 Å². The molecule has 0 aromatic heterocycles. The first-order valence-corrected chi connectivity index (χ1v) is 7.42. The van der Waals surface area contributed by atoms with Crippen LogP contribution in [0, 0.1) is 0 Å². The fourth-order valence-electron chi connectivity index (χ4n) is 2.01. The summed E-state index contributed by atoms with van der Waals surface area (Å²) >= 11 is 0.841. The molecule has 0 amide bonds. The van der Waals surface area contributed by atoms with E-state index in [1.807, 2.05) is 0 Å². The van der Waals surface area contributed by atoms with Gasteiger partial charge in [-0.15, -0.1) is 0 Å². The molecule has 0 aromatic carbocycles. The zero-order valence-electron chi connectivity index (χ0n) is 8.11. The van der Waals surface area contributed by atoms with Crippen molar-refractivity contribution in [1.29, 1.82) is 0 Å². The Morgan fingerprint density at radius 1 is 0.846 bits per heavy atom. The summed E-state index contributed by atoms with van der Waals surface area (Å²) in [5.41, 5.74) is 0. The van der Waals surface area contributed by atoms with Gasteiger partial charge in [-0.2, -0.15) is 0 Å². The summed E-state index contributed by atoms with van der Waals surface area (Å²) in [4.78, 5) is 1.91. The molecule has 72 valence electrons. The molecule has 2 unspecified atom stereocenters. The van der Waals surface area contributed by atoms with Gasteiger partial charge in [0.2, 0.25) is 0 Å². The normalized spacial score (nSPS) is 33.5. The van der Waals surface area contributed by atoms with E-state index < -0.39 is 0 Å². The van der Waals surface area contributed by atoms with Crippen LogP contribution in [0.5, 0.6) is 0 Å². The van der Waals surface area contributed by atoms with Gasteiger partial charge in [-0.25, -0.2) is 0 Å². The van der Waals surface area contributed by atoms with E-state index in [0.29, 0.717) is 0 Å². The second-order valence-electron chi connectivity index (χ2n) is 3.93. The Hall–Kier alpha value is -0.000519. The molecule has 0 aromatic rings. The van der Waals surface area contributed by atoms with E-state index in [9.17, 15) is 0 Å². The number of hydrogen-bond acceptors (Lipinski definition) is 0. The number of hydrogen-bond donors (Lipinski definition) is 0. The van der Waals surface area contributed by atoms with Crippen molar-refractivity contribution in [3.8, 4) is 0 Å². The maximum atomic E-state index is 2.48. The summed E-state index contributed by atoms with van der Waals surface area (Å²) in [7, 11) is 0. The van der Waals surface area contributed by atoms with E-state index in [1.54, 1.807) is 0 Å². The van der Waals surface area contributed by atoms with Crippen molar-refractivity contribution in [3.05, 3.63) is 24.3 Å². The van der Waals surface area contributed by atoms with Crippen molar-refractivity contribution in [1.82, 2.24) is 0 Å². The van der Waals surface area contributed by atoms with Crippen molar-refractivity contribution in [2.24, 2.45) is 0 Å². The molecule has 0 aliphatic heterocycles. The van der Waals surface area contributed by atoms with Crippen LogP contribution in [-0.4, -0.2) is 15.0 Å². The summed E-state index contributed by atoms with van der Waals surface area (Å²) in [6, 6.07) is 0. The van der Waals surface area contributed by atoms with Crippen molar-refractivity contribution in [3.63, 3.8) is 0 Å². The van der Waals surface area contributed by atoms with Gasteiger partial charge >= 0.3 is 87.4 Å². The van der Waals surface area contributed by atoms with Crippen LogP contribution in [0.2, 0.25) is 9.63 Å². The Balaban J connectivity index is 1.82. The second kappa shape index (κ2) is 5.02. The first kappa shape index (κ1) is 9.55. The monoisotopic (exact) mass is 242 g/mol. The molecule has 0 spiro atoms. The molecule has 0 heterocycles. The Morgan fingerprint density at radius 2 is 1.38 bits per heavy atom. The minimum absolute atomic E-state index is 0.841. The molecular formula is C12H18Se. The molecule has 1 heteroatoms. The van der Waals surface area contributed by atoms with Gasteiger partial charge in [0, 0.05) is 0 Å². The molecule has 2 aliphatic rings. The first-order valence-electron chi connectivity index (χ1n) is 5.44. The van der Waals surface area contributed by atoms with Gasteiger partial charge in [0.05, 0.1) is 0 Å². The van der Waals surface area contributed by atoms with E-state index in [4.69, 9.17) is 0 Å². The molecule has 2 rings (SSSR count). The van der Waals surface area contributed by atoms with Gasteiger partial charge in [0.1, 0.15) is 0 Å². The summed E-state index contributed by atoms with van der Waals surface area (Å²) in [6.45, 7) is 0. The Kier molecular flexibility index (Phi) is 3.69. The molecule has 2 atom stereocenters. The zero-order chi connectivity index (χ0) is 8.93. The second-order valence-corrected chi connectivity index (χ2v) is 7.04. The molecule has 0 radical (unpaired) electrons. The molecule has 0 saturated heterocycles. The van der Waals surface area contributed by atoms with E-state index in [0.717, 1.165) is 24.6 Å². The molecule has 0 saturated carbocycles. The van der Waals surface area contributed by atoms with Gasteiger partial charge in [-0.3, -0.25) is 0 Å². The molecule has 0 bridgehead atoms. The van der Waals surface area contributed by atoms with Crippen LogP contribution < -0.4 is 0 Å². The quantitative estimate of drug-likeness (QED) is 0.510. The molecule has 0 N–H and O–H groups in total. The first-order chi connectivity index (χ1) is 6.45. The average Bonchev–Trinajstić information content (AvgIpc) is 2.21. The Bertz CT molecular complexity index is 183. The third-order valence-electron chi connectivity index (χ3n) is 2.77. The summed E-state index contributed by atoms with van der Waals surface area (Å²) in [5.74, 6) is 0. The summed E-state index contributed by atoms with van der Waals surface area (Å²) in [6.07, 6.45) is 18.2. The van der Waals surface area contributed by atoms with E-state index in [1.165, 1.54) is 38.5 Å². The third-order valence-corrected chi connectivity index (χ3v) is 5.89. The third kappa shape index (κ3) is 3.00. The number of rotatable bonds is 2. The van der Waals surface area contributed by atoms with Crippen molar-refractivity contribution in [2.45, 2.75) is 48.2 Å². The van der Waals surface area contributed by atoms with Gasteiger partial charge in [-0.1, -0.05) is 0 Å². The van der Waals surface area contributed by atoms with Crippen LogP contribution >= 0.6 is 0 Å². The predicted octanol–water partition coefficient (Wildman–Crippen LogP) is 3.75. The van der Waals surface area contributed by atoms with E-state index in [-0.39, 0.29) is 0 Å². The summed E-state index contributed by atoms with van der Waals surface area (Å²) < 4.78 is 0.